The van der Waals surface area contributed by atoms with Crippen LogP contribution in [0.3, 0.4) is 0 Å². The van der Waals surface area contributed by atoms with E-state index in [1.165, 1.54) is 12.3 Å². The van der Waals surface area contributed by atoms with E-state index in [1.54, 1.807) is 25.3 Å². The highest BCUT2D eigenvalue weighted by Gasteiger charge is 2.18. The lowest BCUT2D eigenvalue weighted by molar-refractivity contribution is -0.386. The number of hydrogen-bond acceptors (Lipinski definition) is 5. The van der Waals surface area contributed by atoms with Crippen molar-refractivity contribution in [2.45, 2.75) is 6.92 Å². The molecule has 0 fully saturated rings. The second-order valence-electron chi connectivity index (χ2n) is 5.81. The number of aryl methyl sites for hydroxylation is 1. The molecular weight excluding hydrogens is 332 g/mol. The Balaban J connectivity index is 1.64. The second kappa shape index (κ2) is 6.29. The Morgan fingerprint density at radius 1 is 1.08 bits per heavy atom. The highest BCUT2D eigenvalue weighted by Crippen LogP contribution is 2.30. The molecule has 0 amide bonds. The summed E-state index contributed by atoms with van der Waals surface area (Å²) in [4.78, 5) is 14.7. The van der Waals surface area contributed by atoms with Gasteiger partial charge >= 0.3 is 5.69 Å². The number of ether oxygens (including phenoxy) is 1. The Morgan fingerprint density at radius 2 is 1.85 bits per heavy atom. The van der Waals surface area contributed by atoms with Crippen LogP contribution in [0.4, 0.5) is 5.69 Å². The van der Waals surface area contributed by atoms with E-state index in [4.69, 9.17) is 4.74 Å². The van der Waals surface area contributed by atoms with Gasteiger partial charge in [0.2, 0.25) is 0 Å². The number of nitrogens with zero attached hydrogens (tertiary/aromatic N) is 4. The molecule has 7 heteroatoms. The molecule has 0 unspecified atom stereocenters. The van der Waals surface area contributed by atoms with E-state index in [0.717, 1.165) is 16.6 Å². The molecule has 26 heavy (non-hydrogen) atoms. The highest BCUT2D eigenvalue weighted by molar-refractivity contribution is 5.80. The zero-order valence-electron chi connectivity index (χ0n) is 13.9. The van der Waals surface area contributed by atoms with Crippen molar-refractivity contribution in [3.05, 3.63) is 82.7 Å². The standard InChI is InChI=1S/C19H14N4O3/c1-13-10-18(23(24)25)19(20-11-13)26-16-8-6-15(7-9-16)22-17-5-3-2-4-14(17)12-21-22/h2-12H,1H3. The van der Waals surface area contributed by atoms with Crippen LogP contribution in [0.1, 0.15) is 5.56 Å². The molecule has 2 heterocycles. The molecule has 2 aromatic carbocycles. The molecule has 0 spiro atoms. The summed E-state index contributed by atoms with van der Waals surface area (Å²) >= 11 is 0. The smallest absolute Gasteiger partial charge is 0.331 e. The largest absolute Gasteiger partial charge is 0.434 e. The van der Waals surface area contributed by atoms with E-state index < -0.39 is 4.92 Å². The van der Waals surface area contributed by atoms with Crippen molar-refractivity contribution in [3.63, 3.8) is 0 Å². The lowest BCUT2D eigenvalue weighted by Gasteiger charge is -2.08. The summed E-state index contributed by atoms with van der Waals surface area (Å²) < 4.78 is 7.43. The van der Waals surface area contributed by atoms with Crippen LogP contribution in [0, 0.1) is 17.0 Å². The molecule has 0 N–H and O–H groups in total. The Labute approximate surface area is 148 Å². The Morgan fingerprint density at radius 3 is 2.62 bits per heavy atom. The third-order valence-corrected chi connectivity index (χ3v) is 3.94. The maximum atomic E-state index is 11.2. The molecule has 0 aliphatic carbocycles. The van der Waals surface area contributed by atoms with Crippen molar-refractivity contribution >= 4 is 16.6 Å². The Kier molecular flexibility index (Phi) is 3.81. The third-order valence-electron chi connectivity index (χ3n) is 3.94. The van der Waals surface area contributed by atoms with Crippen LogP contribution < -0.4 is 4.74 Å². The van der Waals surface area contributed by atoms with Crippen LogP contribution in [0.15, 0.2) is 67.0 Å². The average molecular weight is 346 g/mol. The fourth-order valence-corrected chi connectivity index (χ4v) is 2.70. The summed E-state index contributed by atoms with van der Waals surface area (Å²) in [6.07, 6.45) is 3.34. The minimum Gasteiger partial charge on any atom is -0.434 e. The van der Waals surface area contributed by atoms with E-state index in [2.05, 4.69) is 10.1 Å². The van der Waals surface area contributed by atoms with Crippen molar-refractivity contribution < 1.29 is 9.66 Å². The molecular formula is C19H14N4O3. The predicted molar refractivity (Wildman–Crippen MR) is 96.8 cm³/mol. The van der Waals surface area contributed by atoms with Gasteiger partial charge < -0.3 is 4.74 Å². The lowest BCUT2D eigenvalue weighted by Crippen LogP contribution is -1.98. The first-order valence-corrected chi connectivity index (χ1v) is 7.94. The normalized spacial score (nSPS) is 10.8. The number of nitro groups is 1. The molecule has 4 rings (SSSR count). The molecule has 0 atom stereocenters. The molecule has 2 aromatic heterocycles. The number of pyridine rings is 1. The van der Waals surface area contributed by atoms with E-state index in [-0.39, 0.29) is 11.6 Å². The van der Waals surface area contributed by atoms with Gasteiger partial charge in [-0.3, -0.25) is 10.1 Å². The zero-order chi connectivity index (χ0) is 18.1. The van der Waals surface area contributed by atoms with Crippen LogP contribution >= 0.6 is 0 Å². The number of benzene rings is 2. The van der Waals surface area contributed by atoms with Gasteiger partial charge in [0, 0.05) is 17.6 Å². The first-order chi connectivity index (χ1) is 12.6. The van der Waals surface area contributed by atoms with E-state index in [9.17, 15) is 10.1 Å². The van der Waals surface area contributed by atoms with Crippen LogP contribution in [0.2, 0.25) is 0 Å². The minimum atomic E-state index is -0.500. The Hall–Kier alpha value is -3.74. The summed E-state index contributed by atoms with van der Waals surface area (Å²) in [5, 5.41) is 16.6. The zero-order valence-corrected chi connectivity index (χ0v) is 13.9. The molecule has 0 saturated carbocycles. The summed E-state index contributed by atoms with van der Waals surface area (Å²) in [6.45, 7) is 1.74. The first kappa shape index (κ1) is 15.8. The van der Waals surface area contributed by atoms with Crippen molar-refractivity contribution in [1.82, 2.24) is 14.8 Å². The maximum absolute atomic E-state index is 11.2. The predicted octanol–water partition coefficient (Wildman–Crippen LogP) is 4.43. The summed E-state index contributed by atoms with van der Waals surface area (Å²) in [7, 11) is 0. The van der Waals surface area contributed by atoms with Crippen molar-refractivity contribution in [2.75, 3.05) is 0 Å². The molecule has 0 aliphatic rings. The Bertz CT molecular complexity index is 1100. The van der Waals surface area contributed by atoms with Crippen molar-refractivity contribution in [3.8, 4) is 17.3 Å². The van der Waals surface area contributed by atoms with Gasteiger partial charge in [0.25, 0.3) is 5.88 Å². The molecule has 0 bridgehead atoms. The number of aromatic nitrogens is 3. The number of rotatable bonds is 4. The molecule has 0 aliphatic heterocycles. The molecule has 128 valence electrons. The fraction of sp³-hybridized carbons (Fsp3) is 0.0526. The van der Waals surface area contributed by atoms with Gasteiger partial charge in [0.05, 0.1) is 22.3 Å². The molecule has 4 aromatic rings. The van der Waals surface area contributed by atoms with E-state index in [1.807, 2.05) is 41.1 Å². The second-order valence-corrected chi connectivity index (χ2v) is 5.81. The average Bonchev–Trinajstić information content (AvgIpc) is 3.08. The molecule has 0 saturated heterocycles. The summed E-state index contributed by atoms with van der Waals surface area (Å²) in [5.74, 6) is 0.433. The van der Waals surface area contributed by atoms with Gasteiger partial charge in [-0.25, -0.2) is 9.67 Å². The topological polar surface area (TPSA) is 83.1 Å². The molecule has 7 nitrogen and oxygen atoms in total. The number of hydrogen-bond donors (Lipinski definition) is 0. The minimum absolute atomic E-state index is 0.0297. The van der Waals surface area contributed by atoms with Crippen LogP contribution in [-0.2, 0) is 0 Å². The monoisotopic (exact) mass is 346 g/mol. The highest BCUT2D eigenvalue weighted by atomic mass is 16.6. The van der Waals surface area contributed by atoms with Gasteiger partial charge in [0.1, 0.15) is 5.75 Å². The van der Waals surface area contributed by atoms with Crippen LogP contribution in [-0.4, -0.2) is 19.7 Å². The summed E-state index contributed by atoms with van der Waals surface area (Å²) in [5.41, 5.74) is 2.40. The van der Waals surface area contributed by atoms with Gasteiger partial charge in [0.15, 0.2) is 0 Å². The third kappa shape index (κ3) is 2.86. The maximum Gasteiger partial charge on any atom is 0.331 e. The lowest BCUT2D eigenvalue weighted by atomic mass is 10.2. The van der Waals surface area contributed by atoms with Crippen LogP contribution in [0.25, 0.3) is 16.6 Å². The van der Waals surface area contributed by atoms with Crippen molar-refractivity contribution in [1.29, 1.82) is 0 Å². The SMILES string of the molecule is Cc1cnc(Oc2ccc(-n3ncc4ccccc43)cc2)c([N+](=O)[O-])c1. The molecule has 0 radical (unpaired) electrons. The van der Waals surface area contributed by atoms with Gasteiger partial charge in [-0.15, -0.1) is 0 Å². The van der Waals surface area contributed by atoms with Crippen molar-refractivity contribution in [2.24, 2.45) is 0 Å². The van der Waals surface area contributed by atoms with Crippen LogP contribution in [0.5, 0.6) is 11.6 Å². The number of para-hydroxylation sites is 1. The van der Waals surface area contributed by atoms with Gasteiger partial charge in [-0.05, 0) is 42.8 Å². The van der Waals surface area contributed by atoms with Gasteiger partial charge in [-0.2, -0.15) is 5.10 Å². The quantitative estimate of drug-likeness (QED) is 0.403. The summed E-state index contributed by atoms with van der Waals surface area (Å²) in [6, 6.07) is 16.5. The first-order valence-electron chi connectivity index (χ1n) is 7.94. The van der Waals surface area contributed by atoms with Gasteiger partial charge in [-0.1, -0.05) is 18.2 Å². The van der Waals surface area contributed by atoms with E-state index in [0.29, 0.717) is 11.3 Å². The van der Waals surface area contributed by atoms with E-state index >= 15 is 0 Å². The fourth-order valence-electron chi connectivity index (χ4n) is 2.70. The number of fused-ring (bicyclic) bond motifs is 1.